The Morgan fingerprint density at radius 1 is 1.54 bits per heavy atom. The second-order valence-electron chi connectivity index (χ2n) is 4.11. The van der Waals surface area contributed by atoms with Crippen molar-refractivity contribution in [2.75, 3.05) is 32.5 Å². The Kier molecular flexibility index (Phi) is 4.56. The van der Waals surface area contributed by atoms with Crippen LogP contribution in [-0.2, 0) is 4.74 Å². The molecular formula is C10H21NOS. The van der Waals surface area contributed by atoms with E-state index in [2.05, 4.69) is 24.5 Å². The van der Waals surface area contributed by atoms with Crippen LogP contribution < -0.4 is 0 Å². The van der Waals surface area contributed by atoms with E-state index in [1.165, 1.54) is 32.4 Å². The Balaban J connectivity index is 2.33. The first-order chi connectivity index (χ1) is 6.20. The van der Waals surface area contributed by atoms with Crippen molar-refractivity contribution in [3.8, 4) is 0 Å². The number of thiol groups is 1. The van der Waals surface area contributed by atoms with Crippen molar-refractivity contribution in [3.63, 3.8) is 0 Å². The third-order valence-electron chi connectivity index (χ3n) is 2.86. The zero-order valence-corrected chi connectivity index (χ0v) is 9.65. The molecule has 0 N–H and O–H groups in total. The van der Waals surface area contributed by atoms with Crippen LogP contribution in [-0.4, -0.2) is 43.0 Å². The molecule has 1 saturated heterocycles. The maximum Gasteiger partial charge on any atom is 0.0777 e. The van der Waals surface area contributed by atoms with Gasteiger partial charge < -0.3 is 9.64 Å². The van der Waals surface area contributed by atoms with E-state index in [1.807, 2.05) is 7.11 Å². The maximum absolute atomic E-state index is 5.53. The van der Waals surface area contributed by atoms with Crippen LogP contribution in [0, 0.1) is 0 Å². The molecule has 1 aliphatic heterocycles. The Bertz CT molecular complexity index is 154. The van der Waals surface area contributed by atoms with E-state index in [1.54, 1.807) is 0 Å². The standard InChI is InChI=1S/C10H21NOS/c1-10(12-2)5-3-6-11(9-10)7-4-8-13/h13H,3-9H2,1-2H3. The van der Waals surface area contributed by atoms with E-state index in [9.17, 15) is 0 Å². The highest BCUT2D eigenvalue weighted by molar-refractivity contribution is 7.80. The zero-order chi connectivity index (χ0) is 9.73. The number of likely N-dealkylation sites (tertiary alicyclic amines) is 1. The number of ether oxygens (including phenoxy) is 1. The maximum atomic E-state index is 5.53. The topological polar surface area (TPSA) is 12.5 Å². The fraction of sp³-hybridized carbons (Fsp3) is 1.00. The lowest BCUT2D eigenvalue weighted by Crippen LogP contribution is -2.47. The molecule has 0 aromatic rings. The molecule has 3 heteroatoms. The molecule has 1 atom stereocenters. The van der Waals surface area contributed by atoms with E-state index >= 15 is 0 Å². The average molecular weight is 203 g/mol. The molecule has 1 rings (SSSR count). The minimum atomic E-state index is 0.0921. The minimum Gasteiger partial charge on any atom is -0.377 e. The van der Waals surface area contributed by atoms with Crippen molar-refractivity contribution in [1.82, 2.24) is 4.90 Å². The molecule has 78 valence electrons. The number of piperidine rings is 1. The molecule has 1 unspecified atom stereocenters. The molecule has 0 radical (unpaired) electrons. The van der Waals surface area contributed by atoms with Gasteiger partial charge in [-0.2, -0.15) is 12.6 Å². The molecule has 0 aliphatic carbocycles. The first-order valence-electron chi connectivity index (χ1n) is 5.08. The third kappa shape index (κ3) is 3.49. The zero-order valence-electron chi connectivity index (χ0n) is 8.75. The largest absolute Gasteiger partial charge is 0.377 e. The molecule has 0 amide bonds. The quantitative estimate of drug-likeness (QED) is 0.700. The summed E-state index contributed by atoms with van der Waals surface area (Å²) in [6.45, 7) is 5.69. The molecule has 1 fully saturated rings. The lowest BCUT2D eigenvalue weighted by molar-refractivity contribution is -0.0504. The van der Waals surface area contributed by atoms with Crippen LogP contribution in [0.25, 0.3) is 0 Å². The van der Waals surface area contributed by atoms with Crippen LogP contribution in [0.3, 0.4) is 0 Å². The number of methoxy groups -OCH3 is 1. The van der Waals surface area contributed by atoms with Crippen molar-refractivity contribution in [1.29, 1.82) is 0 Å². The van der Waals surface area contributed by atoms with Gasteiger partial charge in [-0.1, -0.05) is 0 Å². The van der Waals surface area contributed by atoms with Crippen LogP contribution in [0.2, 0.25) is 0 Å². The van der Waals surface area contributed by atoms with Gasteiger partial charge in [-0.3, -0.25) is 0 Å². The predicted molar refractivity (Wildman–Crippen MR) is 59.6 cm³/mol. The molecular weight excluding hydrogens is 182 g/mol. The van der Waals surface area contributed by atoms with Gasteiger partial charge in [-0.15, -0.1) is 0 Å². The summed E-state index contributed by atoms with van der Waals surface area (Å²) in [6.07, 6.45) is 3.64. The van der Waals surface area contributed by atoms with Gasteiger partial charge in [-0.05, 0) is 45.0 Å². The van der Waals surface area contributed by atoms with Gasteiger partial charge in [0, 0.05) is 13.7 Å². The van der Waals surface area contributed by atoms with Crippen molar-refractivity contribution in [2.45, 2.75) is 31.8 Å². The number of hydrogen-bond donors (Lipinski definition) is 1. The highest BCUT2D eigenvalue weighted by Gasteiger charge is 2.29. The average Bonchev–Trinajstić information content (AvgIpc) is 2.15. The van der Waals surface area contributed by atoms with Gasteiger partial charge in [0.2, 0.25) is 0 Å². The summed E-state index contributed by atoms with van der Waals surface area (Å²) in [4.78, 5) is 2.49. The molecule has 13 heavy (non-hydrogen) atoms. The third-order valence-corrected chi connectivity index (χ3v) is 3.18. The van der Waals surface area contributed by atoms with Crippen LogP contribution in [0.5, 0.6) is 0 Å². The van der Waals surface area contributed by atoms with E-state index in [4.69, 9.17) is 4.74 Å². The summed E-state index contributed by atoms with van der Waals surface area (Å²) in [5, 5.41) is 0. The number of nitrogens with zero attached hydrogens (tertiary/aromatic N) is 1. The molecule has 1 heterocycles. The summed E-state index contributed by atoms with van der Waals surface area (Å²) in [5.41, 5.74) is 0.0921. The van der Waals surface area contributed by atoms with Gasteiger partial charge in [-0.25, -0.2) is 0 Å². The second-order valence-corrected chi connectivity index (χ2v) is 4.56. The smallest absolute Gasteiger partial charge is 0.0777 e. The summed E-state index contributed by atoms with van der Waals surface area (Å²) in [6, 6.07) is 0. The number of rotatable bonds is 4. The van der Waals surface area contributed by atoms with E-state index in [0.717, 1.165) is 12.3 Å². The molecule has 0 aromatic carbocycles. The lowest BCUT2D eigenvalue weighted by atomic mass is 9.95. The van der Waals surface area contributed by atoms with Gasteiger partial charge in [0.25, 0.3) is 0 Å². The highest BCUT2D eigenvalue weighted by atomic mass is 32.1. The molecule has 0 bridgehead atoms. The van der Waals surface area contributed by atoms with E-state index < -0.39 is 0 Å². The fourth-order valence-corrected chi connectivity index (χ4v) is 2.10. The summed E-state index contributed by atoms with van der Waals surface area (Å²) < 4.78 is 5.53. The van der Waals surface area contributed by atoms with Crippen LogP contribution in [0.1, 0.15) is 26.2 Å². The van der Waals surface area contributed by atoms with Crippen molar-refractivity contribution < 1.29 is 4.74 Å². The summed E-state index contributed by atoms with van der Waals surface area (Å²) in [5.74, 6) is 0.986. The van der Waals surface area contributed by atoms with Crippen molar-refractivity contribution in [2.24, 2.45) is 0 Å². The number of hydrogen-bond acceptors (Lipinski definition) is 3. The van der Waals surface area contributed by atoms with Gasteiger partial charge in [0.1, 0.15) is 0 Å². The Hall–Kier alpha value is 0.270. The van der Waals surface area contributed by atoms with Gasteiger partial charge >= 0.3 is 0 Å². The van der Waals surface area contributed by atoms with Crippen molar-refractivity contribution >= 4 is 12.6 Å². The highest BCUT2D eigenvalue weighted by Crippen LogP contribution is 2.23. The fourth-order valence-electron chi connectivity index (χ4n) is 1.96. The molecule has 2 nitrogen and oxygen atoms in total. The van der Waals surface area contributed by atoms with Crippen molar-refractivity contribution in [3.05, 3.63) is 0 Å². The molecule has 0 spiro atoms. The molecule has 0 saturated carbocycles. The minimum absolute atomic E-state index is 0.0921. The normalized spacial score (nSPS) is 30.7. The first-order valence-corrected chi connectivity index (χ1v) is 5.72. The lowest BCUT2D eigenvalue weighted by Gasteiger charge is -2.39. The van der Waals surface area contributed by atoms with E-state index in [-0.39, 0.29) is 5.60 Å². The predicted octanol–water partition coefficient (Wildman–Crippen LogP) is 1.81. The van der Waals surface area contributed by atoms with Crippen LogP contribution in [0.4, 0.5) is 0 Å². The summed E-state index contributed by atoms with van der Waals surface area (Å²) in [7, 11) is 1.82. The first kappa shape index (κ1) is 11.3. The van der Waals surface area contributed by atoms with Gasteiger partial charge in [0.15, 0.2) is 0 Å². The monoisotopic (exact) mass is 203 g/mol. The molecule has 1 aliphatic rings. The van der Waals surface area contributed by atoms with Gasteiger partial charge in [0.05, 0.1) is 5.60 Å². The Morgan fingerprint density at radius 3 is 2.92 bits per heavy atom. The SMILES string of the molecule is COC1(C)CCCN(CCCS)C1. The Labute approximate surface area is 87.0 Å². The Morgan fingerprint density at radius 2 is 2.31 bits per heavy atom. The van der Waals surface area contributed by atoms with Crippen LogP contribution >= 0.6 is 12.6 Å². The second kappa shape index (κ2) is 5.23. The van der Waals surface area contributed by atoms with Crippen LogP contribution in [0.15, 0.2) is 0 Å². The van der Waals surface area contributed by atoms with E-state index in [0.29, 0.717) is 0 Å². The molecule has 0 aromatic heterocycles. The summed E-state index contributed by atoms with van der Waals surface area (Å²) >= 11 is 4.23.